The second kappa shape index (κ2) is 5.38. The summed E-state index contributed by atoms with van der Waals surface area (Å²) in [4.78, 5) is 4.25. The summed E-state index contributed by atoms with van der Waals surface area (Å²) >= 11 is 5.97. The lowest BCUT2D eigenvalue weighted by Gasteiger charge is -2.07. The standard InChI is InChI=1S/C14H12ClN3O2/c1-9-4-5-10(15)7-11(9)16-8-13-17-14(18-20-13)12-3-2-6-19-12/h2-7,16H,8H2,1H3. The molecule has 5 nitrogen and oxygen atoms in total. The van der Waals surface area contributed by atoms with Crippen LogP contribution in [0.1, 0.15) is 11.5 Å². The second-order valence-electron chi connectivity index (χ2n) is 4.30. The third-order valence-corrected chi connectivity index (χ3v) is 3.07. The Labute approximate surface area is 120 Å². The van der Waals surface area contributed by atoms with Gasteiger partial charge in [-0.05, 0) is 36.8 Å². The molecular weight excluding hydrogens is 278 g/mol. The van der Waals surface area contributed by atoms with Crippen molar-refractivity contribution in [1.82, 2.24) is 10.1 Å². The molecule has 0 aliphatic carbocycles. The maximum Gasteiger partial charge on any atom is 0.246 e. The Morgan fingerprint density at radius 1 is 1.30 bits per heavy atom. The van der Waals surface area contributed by atoms with Crippen LogP contribution in [-0.2, 0) is 6.54 Å². The molecule has 0 amide bonds. The molecule has 0 radical (unpaired) electrons. The van der Waals surface area contributed by atoms with Crippen molar-refractivity contribution >= 4 is 17.3 Å². The number of halogens is 1. The van der Waals surface area contributed by atoms with Crippen LogP contribution in [0, 0.1) is 6.92 Å². The molecule has 0 unspecified atom stereocenters. The summed E-state index contributed by atoms with van der Waals surface area (Å²) in [7, 11) is 0. The molecule has 1 N–H and O–H groups in total. The summed E-state index contributed by atoms with van der Waals surface area (Å²) < 4.78 is 10.4. The minimum absolute atomic E-state index is 0.425. The monoisotopic (exact) mass is 289 g/mol. The van der Waals surface area contributed by atoms with Crippen LogP contribution in [0.5, 0.6) is 0 Å². The van der Waals surface area contributed by atoms with Gasteiger partial charge in [0.2, 0.25) is 11.7 Å². The molecule has 0 spiro atoms. The highest BCUT2D eigenvalue weighted by Gasteiger charge is 2.10. The van der Waals surface area contributed by atoms with Crippen LogP contribution < -0.4 is 5.32 Å². The lowest BCUT2D eigenvalue weighted by molar-refractivity contribution is 0.382. The van der Waals surface area contributed by atoms with Crippen molar-refractivity contribution in [3.8, 4) is 11.6 Å². The highest BCUT2D eigenvalue weighted by atomic mass is 35.5. The largest absolute Gasteiger partial charge is 0.461 e. The Kier molecular flexibility index (Phi) is 3.43. The van der Waals surface area contributed by atoms with Crippen LogP contribution in [-0.4, -0.2) is 10.1 Å². The Morgan fingerprint density at radius 2 is 2.20 bits per heavy atom. The minimum atomic E-state index is 0.425. The van der Waals surface area contributed by atoms with Gasteiger partial charge in [-0.3, -0.25) is 0 Å². The van der Waals surface area contributed by atoms with E-state index < -0.39 is 0 Å². The molecule has 0 aliphatic heterocycles. The first-order chi connectivity index (χ1) is 9.72. The van der Waals surface area contributed by atoms with Gasteiger partial charge < -0.3 is 14.3 Å². The van der Waals surface area contributed by atoms with E-state index >= 15 is 0 Å². The maximum atomic E-state index is 5.97. The van der Waals surface area contributed by atoms with E-state index in [1.165, 1.54) is 0 Å². The van der Waals surface area contributed by atoms with Gasteiger partial charge in [0.15, 0.2) is 5.76 Å². The lowest BCUT2D eigenvalue weighted by atomic mass is 10.2. The molecule has 2 aromatic heterocycles. The van der Waals surface area contributed by atoms with E-state index in [4.69, 9.17) is 20.5 Å². The Balaban J connectivity index is 1.71. The summed E-state index contributed by atoms with van der Waals surface area (Å²) in [5.41, 5.74) is 2.04. The summed E-state index contributed by atoms with van der Waals surface area (Å²) in [6, 6.07) is 9.22. The summed E-state index contributed by atoms with van der Waals surface area (Å²) in [6.45, 7) is 2.43. The van der Waals surface area contributed by atoms with Crippen molar-refractivity contribution in [2.24, 2.45) is 0 Å². The van der Waals surface area contributed by atoms with Crippen molar-refractivity contribution in [3.63, 3.8) is 0 Å². The minimum Gasteiger partial charge on any atom is -0.461 e. The molecule has 0 fully saturated rings. The zero-order chi connectivity index (χ0) is 13.9. The molecular formula is C14H12ClN3O2. The Morgan fingerprint density at radius 3 is 3.00 bits per heavy atom. The number of hydrogen-bond acceptors (Lipinski definition) is 5. The first-order valence-corrected chi connectivity index (χ1v) is 6.46. The zero-order valence-corrected chi connectivity index (χ0v) is 11.5. The SMILES string of the molecule is Cc1ccc(Cl)cc1NCc1nc(-c2ccco2)no1. The molecule has 0 aliphatic rings. The van der Waals surface area contributed by atoms with E-state index in [9.17, 15) is 0 Å². The number of anilines is 1. The van der Waals surface area contributed by atoms with E-state index in [1.807, 2.05) is 25.1 Å². The molecule has 102 valence electrons. The predicted molar refractivity (Wildman–Crippen MR) is 75.5 cm³/mol. The topological polar surface area (TPSA) is 64.1 Å². The van der Waals surface area contributed by atoms with E-state index in [2.05, 4.69) is 15.5 Å². The highest BCUT2D eigenvalue weighted by molar-refractivity contribution is 6.30. The zero-order valence-electron chi connectivity index (χ0n) is 10.8. The van der Waals surface area contributed by atoms with Gasteiger partial charge in [-0.25, -0.2) is 0 Å². The fourth-order valence-electron chi connectivity index (χ4n) is 1.79. The van der Waals surface area contributed by atoms with Crippen LogP contribution in [0.2, 0.25) is 5.02 Å². The highest BCUT2D eigenvalue weighted by Crippen LogP contribution is 2.21. The number of aryl methyl sites for hydroxylation is 1. The molecule has 2 heterocycles. The molecule has 3 rings (SSSR count). The van der Waals surface area contributed by atoms with Gasteiger partial charge in [0.05, 0.1) is 12.8 Å². The fraction of sp³-hybridized carbons (Fsp3) is 0.143. The average Bonchev–Trinajstić information content (AvgIpc) is 3.09. The number of rotatable bonds is 4. The third-order valence-electron chi connectivity index (χ3n) is 2.84. The molecule has 0 saturated carbocycles. The molecule has 6 heteroatoms. The van der Waals surface area contributed by atoms with Crippen molar-refractivity contribution in [2.75, 3.05) is 5.32 Å². The normalized spacial score (nSPS) is 10.7. The number of nitrogens with zero attached hydrogens (tertiary/aromatic N) is 2. The van der Waals surface area contributed by atoms with Gasteiger partial charge in [-0.2, -0.15) is 4.98 Å². The van der Waals surface area contributed by atoms with Gasteiger partial charge in [-0.15, -0.1) is 0 Å². The molecule has 0 atom stereocenters. The van der Waals surface area contributed by atoms with E-state index in [0.29, 0.717) is 29.0 Å². The van der Waals surface area contributed by atoms with Gasteiger partial charge >= 0.3 is 0 Å². The van der Waals surface area contributed by atoms with Crippen molar-refractivity contribution in [1.29, 1.82) is 0 Å². The average molecular weight is 290 g/mol. The number of aromatic nitrogens is 2. The molecule has 1 aromatic carbocycles. The number of hydrogen-bond donors (Lipinski definition) is 1. The number of furan rings is 1. The predicted octanol–water partition coefficient (Wildman–Crippen LogP) is 3.90. The van der Waals surface area contributed by atoms with Crippen LogP contribution in [0.3, 0.4) is 0 Å². The molecule has 3 aromatic rings. The van der Waals surface area contributed by atoms with Gasteiger partial charge in [0, 0.05) is 10.7 Å². The Bertz CT molecular complexity index is 707. The molecule has 0 bridgehead atoms. The van der Waals surface area contributed by atoms with Gasteiger partial charge in [0.25, 0.3) is 0 Å². The smallest absolute Gasteiger partial charge is 0.246 e. The number of benzene rings is 1. The van der Waals surface area contributed by atoms with Crippen molar-refractivity contribution in [2.45, 2.75) is 13.5 Å². The molecule has 20 heavy (non-hydrogen) atoms. The maximum absolute atomic E-state index is 5.97. The van der Waals surface area contributed by atoms with Crippen molar-refractivity contribution in [3.05, 3.63) is 53.1 Å². The van der Waals surface area contributed by atoms with Gasteiger partial charge in [-0.1, -0.05) is 22.8 Å². The summed E-state index contributed by atoms with van der Waals surface area (Å²) in [5.74, 6) is 1.50. The Hall–Kier alpha value is -2.27. The molecule has 0 saturated heterocycles. The quantitative estimate of drug-likeness (QED) is 0.789. The van der Waals surface area contributed by atoms with E-state index in [0.717, 1.165) is 11.3 Å². The second-order valence-corrected chi connectivity index (χ2v) is 4.74. The van der Waals surface area contributed by atoms with Crippen molar-refractivity contribution < 1.29 is 8.94 Å². The fourth-order valence-corrected chi connectivity index (χ4v) is 1.96. The first-order valence-electron chi connectivity index (χ1n) is 6.09. The van der Waals surface area contributed by atoms with Crippen LogP contribution >= 0.6 is 11.6 Å². The van der Waals surface area contributed by atoms with Crippen LogP contribution in [0.15, 0.2) is 45.5 Å². The van der Waals surface area contributed by atoms with E-state index in [1.54, 1.807) is 18.4 Å². The summed E-state index contributed by atoms with van der Waals surface area (Å²) in [6.07, 6.45) is 1.57. The number of nitrogens with one attached hydrogen (secondary N) is 1. The van der Waals surface area contributed by atoms with Gasteiger partial charge in [0.1, 0.15) is 0 Å². The van der Waals surface area contributed by atoms with E-state index in [-0.39, 0.29) is 0 Å². The third kappa shape index (κ3) is 2.67. The first kappa shape index (κ1) is 12.7. The summed E-state index contributed by atoms with van der Waals surface area (Å²) in [5, 5.41) is 7.76. The van der Waals surface area contributed by atoms with Crippen LogP contribution in [0.25, 0.3) is 11.6 Å². The lowest BCUT2D eigenvalue weighted by Crippen LogP contribution is -2.01. The van der Waals surface area contributed by atoms with Crippen LogP contribution in [0.4, 0.5) is 5.69 Å².